The predicted molar refractivity (Wildman–Crippen MR) is 120 cm³/mol. The Kier molecular flexibility index (Phi) is 17.1. The number of unbranched alkanes of at least 4 members (excludes halogenated alkanes) is 9. The lowest BCUT2D eigenvalue weighted by molar-refractivity contribution is -0.928. The van der Waals surface area contributed by atoms with Gasteiger partial charge in [0, 0.05) is 28.8 Å². The van der Waals surface area contributed by atoms with Gasteiger partial charge in [0.1, 0.15) is 19.6 Å². The molecule has 1 saturated heterocycles. The molecule has 1 aliphatic rings. The van der Waals surface area contributed by atoms with E-state index in [1.165, 1.54) is 75.2 Å². The summed E-state index contributed by atoms with van der Waals surface area (Å²) in [5.41, 5.74) is 0. The van der Waals surface area contributed by atoms with Crippen LogP contribution in [0.1, 0.15) is 71.1 Å². The van der Waals surface area contributed by atoms with E-state index in [4.69, 9.17) is 17.7 Å². The first-order chi connectivity index (χ1) is 12.8. The largest absolute Gasteiger partial charge is 0.748 e. The molecule has 0 bridgehead atoms. The molecular formula is C20H38INO4S. The number of hydrogen-bond donors (Lipinski definition) is 0. The average Bonchev–Trinajstić information content (AvgIpc) is 2.61. The minimum absolute atomic E-state index is 0.604. The zero-order chi connectivity index (χ0) is 20.4. The van der Waals surface area contributed by atoms with Crippen LogP contribution in [-0.4, -0.2) is 63.1 Å². The summed E-state index contributed by atoms with van der Waals surface area (Å²) in [6.45, 7) is 8.75. The topological polar surface area (TPSA) is 66.4 Å². The quantitative estimate of drug-likeness (QED) is 0.128. The maximum absolute atomic E-state index is 9.08. The molecule has 1 fully saturated rings. The fraction of sp³-hybridized carbons (Fsp3) is 0.900. The maximum Gasteiger partial charge on any atom is 0.141 e. The molecule has 0 atom stereocenters. The molecule has 0 amide bonds. The highest BCUT2D eigenvalue weighted by Crippen LogP contribution is 2.15. The Bertz CT molecular complexity index is 500. The van der Waals surface area contributed by atoms with Crippen LogP contribution in [0.3, 0.4) is 0 Å². The van der Waals surface area contributed by atoms with Gasteiger partial charge in [-0.15, -0.1) is 0 Å². The first-order valence-electron chi connectivity index (χ1n) is 10.3. The van der Waals surface area contributed by atoms with E-state index in [2.05, 4.69) is 39.4 Å². The van der Waals surface area contributed by atoms with E-state index in [1.54, 1.807) is 0 Å². The van der Waals surface area contributed by atoms with Crippen molar-refractivity contribution in [3.05, 3.63) is 0 Å². The summed E-state index contributed by atoms with van der Waals surface area (Å²) in [4.78, 5) is 0. The van der Waals surface area contributed by atoms with Crippen molar-refractivity contribution in [3.8, 4) is 9.85 Å². The Hall–Kier alpha value is 0.120. The molecule has 0 aromatic heterocycles. The van der Waals surface area contributed by atoms with Gasteiger partial charge < -0.3 is 13.8 Å². The Morgan fingerprint density at radius 1 is 0.963 bits per heavy atom. The zero-order valence-corrected chi connectivity index (χ0v) is 20.2. The summed E-state index contributed by atoms with van der Waals surface area (Å²) >= 11 is 2.16. The number of rotatable bonds is 12. The molecule has 0 saturated carbocycles. The van der Waals surface area contributed by atoms with Gasteiger partial charge in [0.15, 0.2) is 0 Å². The summed E-state index contributed by atoms with van der Waals surface area (Å²) in [7, 11) is -3.92. The number of ether oxygens (including phenoxy) is 1. The van der Waals surface area contributed by atoms with Gasteiger partial charge in [-0.05, 0) is 22.7 Å². The lowest BCUT2D eigenvalue weighted by Crippen LogP contribution is -2.55. The maximum atomic E-state index is 9.08. The number of quaternary nitrogens is 1. The molecular weight excluding hydrogens is 477 g/mol. The summed E-state index contributed by atoms with van der Waals surface area (Å²) in [5.74, 6) is 3.30. The van der Waals surface area contributed by atoms with Gasteiger partial charge in [0.25, 0.3) is 0 Å². The average molecular weight is 515 g/mol. The molecule has 5 nitrogen and oxygen atoms in total. The van der Waals surface area contributed by atoms with Crippen molar-refractivity contribution in [2.45, 2.75) is 71.1 Å². The molecule has 0 aliphatic carbocycles. The fourth-order valence-electron chi connectivity index (χ4n) is 3.32. The van der Waals surface area contributed by atoms with Gasteiger partial charge in [-0.25, -0.2) is 8.42 Å². The first-order valence-corrected chi connectivity index (χ1v) is 13.1. The Labute approximate surface area is 181 Å². The van der Waals surface area contributed by atoms with Gasteiger partial charge in [-0.3, -0.25) is 0 Å². The van der Waals surface area contributed by atoms with Crippen LogP contribution in [0.15, 0.2) is 0 Å². The lowest BCUT2D eigenvalue weighted by Gasteiger charge is -2.40. The van der Waals surface area contributed by atoms with Crippen molar-refractivity contribution in [1.29, 1.82) is 0 Å². The molecule has 1 heterocycles. The number of hydrogen-bond acceptors (Lipinski definition) is 4. The SMILES string of the molecule is CCCCCCCCCCCC[N+]1(CC#CI)CCOCC1.CS(=O)(=O)[O-]. The first kappa shape index (κ1) is 27.1. The third-order valence-electron chi connectivity index (χ3n) is 4.89. The Morgan fingerprint density at radius 2 is 1.41 bits per heavy atom. The normalized spacial score (nSPS) is 16.0. The molecule has 0 aromatic carbocycles. The molecule has 160 valence electrons. The van der Waals surface area contributed by atoms with Gasteiger partial charge in [0.2, 0.25) is 0 Å². The third-order valence-corrected chi connectivity index (χ3v) is 5.27. The number of nitrogens with zero attached hydrogens (tertiary/aromatic N) is 1. The van der Waals surface area contributed by atoms with Crippen LogP contribution in [0.5, 0.6) is 0 Å². The van der Waals surface area contributed by atoms with Gasteiger partial charge in [-0.2, -0.15) is 0 Å². The van der Waals surface area contributed by atoms with Crippen molar-refractivity contribution in [3.63, 3.8) is 0 Å². The molecule has 0 spiro atoms. The van der Waals surface area contributed by atoms with Crippen LogP contribution < -0.4 is 0 Å². The van der Waals surface area contributed by atoms with Crippen LogP contribution in [0.2, 0.25) is 0 Å². The van der Waals surface area contributed by atoms with Crippen LogP contribution in [-0.2, 0) is 14.9 Å². The lowest BCUT2D eigenvalue weighted by atomic mass is 10.1. The zero-order valence-electron chi connectivity index (χ0n) is 17.2. The molecule has 1 rings (SSSR count). The fourth-order valence-corrected chi connectivity index (χ4v) is 3.49. The number of halogens is 1. The van der Waals surface area contributed by atoms with E-state index >= 15 is 0 Å². The molecule has 1 aliphatic heterocycles. The Morgan fingerprint density at radius 3 is 1.85 bits per heavy atom. The van der Waals surface area contributed by atoms with Crippen LogP contribution >= 0.6 is 22.6 Å². The van der Waals surface area contributed by atoms with Gasteiger partial charge >= 0.3 is 0 Å². The predicted octanol–water partition coefficient (Wildman–Crippen LogP) is 4.31. The van der Waals surface area contributed by atoms with Crippen molar-refractivity contribution in [2.75, 3.05) is 45.6 Å². The van der Waals surface area contributed by atoms with E-state index < -0.39 is 10.1 Å². The van der Waals surface area contributed by atoms with Crippen molar-refractivity contribution in [1.82, 2.24) is 0 Å². The van der Waals surface area contributed by atoms with Crippen LogP contribution in [0.4, 0.5) is 0 Å². The Balaban J connectivity index is 0.00000119. The third kappa shape index (κ3) is 19.2. The summed E-state index contributed by atoms with van der Waals surface area (Å²) < 4.78 is 37.0. The second-order valence-corrected chi connectivity index (χ2v) is 9.39. The minimum atomic E-state index is -3.92. The highest BCUT2D eigenvalue weighted by atomic mass is 127. The summed E-state index contributed by atoms with van der Waals surface area (Å²) in [5, 5.41) is 0. The van der Waals surface area contributed by atoms with Crippen LogP contribution in [0, 0.1) is 9.85 Å². The van der Waals surface area contributed by atoms with Gasteiger partial charge in [-0.1, -0.05) is 58.3 Å². The van der Waals surface area contributed by atoms with E-state index in [9.17, 15) is 0 Å². The number of morpholine rings is 1. The smallest absolute Gasteiger partial charge is 0.141 e. The standard InChI is InChI=1S/C19H35INO.CH4O3S/c1-2-3-4-5-6-7-8-9-10-11-14-21(15-12-13-20)16-18-22-19-17-21;1-5(2,3)4/h2-11,14-19H2,1H3;1H3,(H,2,3,4)/q+1;/p-1. The van der Waals surface area contributed by atoms with Crippen molar-refractivity contribution < 1.29 is 22.2 Å². The molecule has 0 N–H and O–H groups in total. The highest BCUT2D eigenvalue weighted by Gasteiger charge is 2.28. The molecule has 7 heteroatoms. The highest BCUT2D eigenvalue weighted by molar-refractivity contribution is 14.1. The summed E-state index contributed by atoms with van der Waals surface area (Å²) in [6.07, 6.45) is 14.8. The second kappa shape index (κ2) is 17.0. The molecule has 0 aromatic rings. The van der Waals surface area contributed by atoms with Crippen molar-refractivity contribution >= 4 is 32.7 Å². The van der Waals surface area contributed by atoms with E-state index in [0.717, 1.165) is 32.8 Å². The van der Waals surface area contributed by atoms with Gasteiger partial charge in [0.05, 0.1) is 29.9 Å². The van der Waals surface area contributed by atoms with E-state index in [-0.39, 0.29) is 0 Å². The molecule has 27 heavy (non-hydrogen) atoms. The molecule has 0 radical (unpaired) electrons. The monoisotopic (exact) mass is 515 g/mol. The molecule has 0 unspecified atom stereocenters. The van der Waals surface area contributed by atoms with E-state index in [0.29, 0.717) is 6.26 Å². The van der Waals surface area contributed by atoms with Crippen LogP contribution in [0.25, 0.3) is 0 Å². The second-order valence-electron chi connectivity index (χ2n) is 7.44. The minimum Gasteiger partial charge on any atom is -0.748 e. The summed E-state index contributed by atoms with van der Waals surface area (Å²) in [6, 6.07) is 0. The van der Waals surface area contributed by atoms with E-state index in [1.807, 2.05) is 0 Å². The van der Waals surface area contributed by atoms with Crippen molar-refractivity contribution in [2.24, 2.45) is 0 Å².